The van der Waals surface area contributed by atoms with Gasteiger partial charge in [0, 0.05) is 0 Å². The second-order valence-electron chi connectivity index (χ2n) is 1.89. The van der Waals surface area contributed by atoms with E-state index in [9.17, 15) is 8.42 Å². The summed E-state index contributed by atoms with van der Waals surface area (Å²) in [7, 11) is -4.83. The first kappa shape index (κ1) is 9.83. The molecule has 0 heterocycles. The summed E-state index contributed by atoms with van der Waals surface area (Å²) >= 11 is 0. The first-order valence-corrected chi connectivity index (χ1v) is 5.50. The Morgan fingerprint density at radius 2 is 2.20 bits per heavy atom. The van der Waals surface area contributed by atoms with Gasteiger partial charge in [-0.3, -0.25) is 0 Å². The topological polar surface area (TPSA) is 69.4 Å². The molecule has 0 aromatic rings. The Hall–Kier alpha value is -0.173. The maximum atomic E-state index is 10.2. The molecule has 4 nitrogen and oxygen atoms in total. The van der Waals surface area contributed by atoms with Crippen LogP contribution in [0.1, 0.15) is 13.8 Å². The number of hydrogen-bond acceptors (Lipinski definition) is 3. The molecule has 0 aromatic heterocycles. The van der Waals surface area contributed by atoms with E-state index >= 15 is 0 Å². The van der Waals surface area contributed by atoms with Gasteiger partial charge in [-0.05, 0) is 13.8 Å². The van der Waals surface area contributed by atoms with Gasteiger partial charge in [0.05, 0.1) is 0 Å². The van der Waals surface area contributed by atoms with E-state index in [1.807, 2.05) is 19.9 Å². The lowest BCUT2D eigenvalue weighted by Gasteiger charge is -1.98. The monoisotopic (exact) mass is 181 g/mol. The van der Waals surface area contributed by atoms with Crippen molar-refractivity contribution in [1.82, 2.24) is 0 Å². The van der Waals surface area contributed by atoms with Crippen molar-refractivity contribution in [3.05, 3.63) is 11.3 Å². The second-order valence-corrected chi connectivity index (χ2v) is 5.22. The van der Waals surface area contributed by atoms with Crippen LogP contribution in [0.4, 0.5) is 0 Å². The van der Waals surface area contributed by atoms with Gasteiger partial charge < -0.3 is 3.87 Å². The van der Waals surface area contributed by atoms with Gasteiger partial charge >= 0.3 is 10.3 Å². The van der Waals surface area contributed by atoms with Crippen LogP contribution in [0.25, 0.3) is 0 Å². The molecule has 0 aliphatic carbocycles. The van der Waals surface area contributed by atoms with E-state index in [-0.39, 0.29) is 0 Å². The SMILES string of the molecule is CC=C(C)[SiH2]OS(N)(=O)=O. The molecule has 0 amide bonds. The molecule has 0 spiro atoms. The van der Waals surface area contributed by atoms with Gasteiger partial charge in [-0.2, -0.15) is 8.42 Å². The fourth-order valence-corrected chi connectivity index (χ4v) is 1.83. The quantitative estimate of drug-likeness (QED) is 0.580. The summed E-state index contributed by atoms with van der Waals surface area (Å²) in [5.41, 5.74) is 0. The van der Waals surface area contributed by atoms with Crippen LogP contribution in [0.2, 0.25) is 0 Å². The molecule has 6 heteroatoms. The van der Waals surface area contributed by atoms with Crippen LogP contribution in [0.3, 0.4) is 0 Å². The molecule has 60 valence electrons. The average Bonchev–Trinajstić information content (AvgIpc) is 1.81. The molecule has 0 radical (unpaired) electrons. The highest BCUT2D eigenvalue weighted by atomic mass is 32.2. The zero-order valence-corrected chi connectivity index (χ0v) is 8.23. The molecule has 0 saturated heterocycles. The Bertz CT molecular complexity index is 221. The van der Waals surface area contributed by atoms with Crippen LogP contribution in [0.5, 0.6) is 0 Å². The molecule has 0 unspecified atom stereocenters. The highest BCUT2D eigenvalue weighted by Gasteiger charge is 2.01. The molecule has 0 aromatic carbocycles. The van der Waals surface area contributed by atoms with Gasteiger partial charge in [0.1, 0.15) is 0 Å². The summed E-state index contributed by atoms with van der Waals surface area (Å²) in [5, 5.41) is 5.56. The first-order valence-electron chi connectivity index (χ1n) is 2.74. The van der Waals surface area contributed by atoms with Crippen LogP contribution in [0, 0.1) is 0 Å². The van der Waals surface area contributed by atoms with Gasteiger partial charge in [-0.25, -0.2) is 5.14 Å². The van der Waals surface area contributed by atoms with E-state index in [0.717, 1.165) is 5.20 Å². The predicted octanol–water partition coefficient (Wildman–Crippen LogP) is -0.786. The summed E-state index contributed by atoms with van der Waals surface area (Å²) in [5.74, 6) is 0. The van der Waals surface area contributed by atoms with Gasteiger partial charge in [0.15, 0.2) is 0 Å². The number of rotatable bonds is 3. The number of nitrogens with two attached hydrogens (primary N) is 1. The fraction of sp³-hybridized carbons (Fsp3) is 0.500. The van der Waals surface area contributed by atoms with Crippen LogP contribution >= 0.6 is 0 Å². The highest BCUT2D eigenvalue weighted by Crippen LogP contribution is 1.90. The van der Waals surface area contributed by atoms with Crippen molar-refractivity contribution in [3.63, 3.8) is 0 Å². The van der Waals surface area contributed by atoms with E-state index in [1.165, 1.54) is 0 Å². The van der Waals surface area contributed by atoms with E-state index in [4.69, 9.17) is 0 Å². The van der Waals surface area contributed by atoms with Gasteiger partial charge in [-0.1, -0.05) is 11.3 Å². The molecular formula is C4H11NO3SSi. The van der Waals surface area contributed by atoms with Crippen molar-refractivity contribution in [2.75, 3.05) is 0 Å². The second kappa shape index (κ2) is 3.87. The third-order valence-corrected chi connectivity index (χ3v) is 3.59. The predicted molar refractivity (Wildman–Crippen MR) is 42.2 cm³/mol. The van der Waals surface area contributed by atoms with Gasteiger partial charge in [0.2, 0.25) is 9.76 Å². The summed E-state index contributed by atoms with van der Waals surface area (Å²) in [4.78, 5) is 0. The number of hydrogen-bond donors (Lipinski definition) is 1. The molecule has 10 heavy (non-hydrogen) atoms. The largest absolute Gasteiger partial charge is 0.323 e. The van der Waals surface area contributed by atoms with E-state index in [0.29, 0.717) is 0 Å². The highest BCUT2D eigenvalue weighted by molar-refractivity contribution is 7.85. The lowest BCUT2D eigenvalue weighted by atomic mass is 10.6. The minimum absolute atomic E-state index is 0.967. The summed E-state index contributed by atoms with van der Waals surface area (Å²) in [6.07, 6.45) is 1.82. The normalized spacial score (nSPS) is 14.9. The van der Waals surface area contributed by atoms with Crippen LogP contribution in [-0.2, 0) is 14.2 Å². The lowest BCUT2D eigenvalue weighted by Crippen LogP contribution is -2.18. The molecule has 2 N–H and O–H groups in total. The Balaban J connectivity index is 3.79. The van der Waals surface area contributed by atoms with E-state index in [2.05, 4.69) is 9.01 Å². The Labute approximate surface area is 63.3 Å². The van der Waals surface area contributed by atoms with E-state index < -0.39 is 20.1 Å². The molecule has 0 fully saturated rings. The minimum atomic E-state index is -3.71. The summed E-state index contributed by atoms with van der Waals surface area (Å²) in [6, 6.07) is 0. The van der Waals surface area contributed by atoms with Gasteiger partial charge in [0.25, 0.3) is 0 Å². The maximum Gasteiger partial charge on any atom is 0.323 e. The van der Waals surface area contributed by atoms with Crippen LogP contribution in [0.15, 0.2) is 11.3 Å². The van der Waals surface area contributed by atoms with Crippen molar-refractivity contribution in [3.8, 4) is 0 Å². The van der Waals surface area contributed by atoms with Crippen molar-refractivity contribution in [1.29, 1.82) is 0 Å². The Kier molecular flexibility index (Phi) is 3.80. The lowest BCUT2D eigenvalue weighted by molar-refractivity contribution is 0.504. The average molecular weight is 181 g/mol. The standard InChI is InChI=1S/C4H11NO3SSi/c1-3-4(2)10-8-9(5,6)7/h3H,10H2,1-2H3,(H2,5,6,7). The maximum absolute atomic E-state index is 10.2. The number of allylic oxidation sites excluding steroid dienone is 2. The molecule has 0 aliphatic rings. The third-order valence-electron chi connectivity index (χ3n) is 0.944. The van der Waals surface area contributed by atoms with Crippen molar-refractivity contribution in [2.24, 2.45) is 5.14 Å². The van der Waals surface area contributed by atoms with Crippen molar-refractivity contribution in [2.45, 2.75) is 13.8 Å². The zero-order chi connectivity index (χ0) is 8.20. The third kappa shape index (κ3) is 5.95. The summed E-state index contributed by atoms with van der Waals surface area (Å²) < 4.78 is 24.8. The molecule has 0 aliphatic heterocycles. The van der Waals surface area contributed by atoms with Gasteiger partial charge in [-0.15, -0.1) is 0 Å². The zero-order valence-electron chi connectivity index (χ0n) is 5.99. The van der Waals surface area contributed by atoms with Crippen molar-refractivity contribution < 1.29 is 12.3 Å². The molecule has 0 atom stereocenters. The first-order chi connectivity index (χ1) is 4.45. The van der Waals surface area contributed by atoms with Crippen LogP contribution < -0.4 is 5.14 Å². The Morgan fingerprint density at radius 3 is 2.50 bits per heavy atom. The van der Waals surface area contributed by atoms with E-state index in [1.54, 1.807) is 0 Å². The molecule has 0 rings (SSSR count). The fourth-order valence-electron chi connectivity index (χ4n) is 0.258. The molecule has 0 bridgehead atoms. The Morgan fingerprint density at radius 1 is 1.70 bits per heavy atom. The molecular weight excluding hydrogens is 170 g/mol. The molecule has 0 saturated carbocycles. The van der Waals surface area contributed by atoms with Crippen molar-refractivity contribution >= 4 is 20.1 Å². The van der Waals surface area contributed by atoms with Crippen LogP contribution in [-0.4, -0.2) is 18.2 Å². The summed E-state index contributed by atoms with van der Waals surface area (Å²) in [6.45, 7) is 3.65. The minimum Gasteiger partial charge on any atom is -0.306 e. The smallest absolute Gasteiger partial charge is 0.306 e.